The molecule has 0 aliphatic heterocycles. The van der Waals surface area contributed by atoms with E-state index in [2.05, 4.69) is 10.0 Å². The largest absolute Gasteiger partial charge is 0.494 e. The van der Waals surface area contributed by atoms with E-state index in [-0.39, 0.29) is 10.8 Å². The first-order chi connectivity index (χ1) is 13.5. The lowest BCUT2D eigenvalue weighted by molar-refractivity contribution is 0.0947. The smallest absolute Gasteiger partial charge is 0.261 e. The van der Waals surface area contributed by atoms with Gasteiger partial charge in [0.1, 0.15) is 5.75 Å². The second kappa shape index (κ2) is 9.10. The normalized spacial score (nSPS) is 14.6. The van der Waals surface area contributed by atoms with Crippen LogP contribution in [0.1, 0.15) is 43.0 Å². The number of nitrogens with one attached hydrogen (secondary N) is 2. The quantitative estimate of drug-likeness (QED) is 0.703. The Bertz CT molecular complexity index is 887. The van der Waals surface area contributed by atoms with E-state index in [0.717, 1.165) is 12.8 Å². The van der Waals surface area contributed by atoms with Crippen molar-refractivity contribution in [2.45, 2.75) is 37.5 Å². The number of rotatable bonds is 8. The number of hydrogen-bond donors (Lipinski definition) is 2. The topological polar surface area (TPSA) is 84.5 Å². The van der Waals surface area contributed by atoms with Gasteiger partial charge in [0.15, 0.2) is 0 Å². The number of benzene rings is 2. The molecule has 3 rings (SSSR count). The summed E-state index contributed by atoms with van der Waals surface area (Å²) in [6.45, 7) is 3.11. The molecule has 1 aliphatic carbocycles. The molecule has 150 valence electrons. The highest BCUT2D eigenvalue weighted by atomic mass is 32.2. The predicted molar refractivity (Wildman–Crippen MR) is 109 cm³/mol. The molecule has 2 aromatic carbocycles. The van der Waals surface area contributed by atoms with Crippen LogP contribution < -0.4 is 14.8 Å². The Morgan fingerprint density at radius 3 is 2.29 bits per heavy atom. The number of carbonyl (C=O) groups excluding carboxylic acids is 1. The molecule has 0 saturated heterocycles. The van der Waals surface area contributed by atoms with Gasteiger partial charge in [0.25, 0.3) is 15.9 Å². The molecule has 1 fully saturated rings. The van der Waals surface area contributed by atoms with Crippen LogP contribution in [0.4, 0.5) is 5.69 Å². The van der Waals surface area contributed by atoms with Crippen LogP contribution in [0.2, 0.25) is 0 Å². The molecule has 0 bridgehead atoms. The molecule has 1 aliphatic rings. The highest BCUT2D eigenvalue weighted by molar-refractivity contribution is 7.92. The van der Waals surface area contributed by atoms with Gasteiger partial charge in [0.2, 0.25) is 0 Å². The number of anilines is 1. The van der Waals surface area contributed by atoms with E-state index in [0.29, 0.717) is 36.1 Å². The van der Waals surface area contributed by atoms with Gasteiger partial charge in [-0.15, -0.1) is 0 Å². The van der Waals surface area contributed by atoms with E-state index in [1.807, 2.05) is 6.92 Å². The first-order valence-electron chi connectivity index (χ1n) is 9.62. The molecule has 2 N–H and O–H groups in total. The summed E-state index contributed by atoms with van der Waals surface area (Å²) in [5, 5.41) is 2.94. The minimum absolute atomic E-state index is 0.105. The van der Waals surface area contributed by atoms with Crippen LogP contribution in [0.15, 0.2) is 53.4 Å². The fourth-order valence-corrected chi connectivity index (χ4v) is 4.40. The second-order valence-corrected chi connectivity index (χ2v) is 8.63. The molecule has 2 aromatic rings. The molecular formula is C21H26N2O4S. The zero-order chi connectivity index (χ0) is 20.0. The highest BCUT2D eigenvalue weighted by Gasteiger charge is 2.18. The lowest BCUT2D eigenvalue weighted by Crippen LogP contribution is -2.28. The average molecular weight is 403 g/mol. The van der Waals surface area contributed by atoms with E-state index in [4.69, 9.17) is 4.74 Å². The van der Waals surface area contributed by atoms with Gasteiger partial charge in [0.05, 0.1) is 11.5 Å². The van der Waals surface area contributed by atoms with Crippen LogP contribution in [0.25, 0.3) is 0 Å². The van der Waals surface area contributed by atoms with Gasteiger partial charge < -0.3 is 10.1 Å². The molecule has 1 amide bonds. The fraction of sp³-hybridized carbons (Fsp3) is 0.381. The molecule has 0 heterocycles. The van der Waals surface area contributed by atoms with Crippen molar-refractivity contribution in [1.29, 1.82) is 0 Å². The van der Waals surface area contributed by atoms with Crippen molar-refractivity contribution in [3.05, 3.63) is 54.1 Å². The predicted octanol–water partition coefficient (Wildman–Crippen LogP) is 3.81. The van der Waals surface area contributed by atoms with Crippen molar-refractivity contribution in [3.8, 4) is 5.75 Å². The lowest BCUT2D eigenvalue weighted by Gasteiger charge is -2.12. The molecule has 0 aromatic heterocycles. The summed E-state index contributed by atoms with van der Waals surface area (Å²) in [6, 6.07) is 12.7. The van der Waals surface area contributed by atoms with E-state index in [1.54, 1.807) is 24.3 Å². The zero-order valence-corrected chi connectivity index (χ0v) is 16.8. The van der Waals surface area contributed by atoms with Crippen molar-refractivity contribution >= 4 is 21.6 Å². The van der Waals surface area contributed by atoms with Crippen molar-refractivity contribution in [3.63, 3.8) is 0 Å². The minimum Gasteiger partial charge on any atom is -0.494 e. The number of hydrogen-bond acceptors (Lipinski definition) is 4. The first-order valence-corrected chi connectivity index (χ1v) is 11.1. The Labute approximate surface area is 166 Å². The summed E-state index contributed by atoms with van der Waals surface area (Å²) in [5.74, 6) is 1.07. The number of ether oxygens (including phenoxy) is 1. The van der Waals surface area contributed by atoms with E-state index < -0.39 is 10.0 Å². The zero-order valence-electron chi connectivity index (χ0n) is 16.0. The monoisotopic (exact) mass is 402 g/mol. The van der Waals surface area contributed by atoms with Crippen LogP contribution in [-0.2, 0) is 10.0 Å². The van der Waals surface area contributed by atoms with Gasteiger partial charge in [-0.3, -0.25) is 9.52 Å². The fourth-order valence-electron chi connectivity index (χ4n) is 3.34. The Balaban J connectivity index is 1.61. The standard InChI is InChI=1S/C21H26N2O4S/c1-2-27-19-11-9-18(10-12-19)23-28(25,26)20-13-7-17(8-14-20)21(24)22-15-16-5-3-4-6-16/h7-14,16,23H,2-6,15H2,1H3,(H,22,24). The number of sulfonamides is 1. The van der Waals surface area contributed by atoms with Gasteiger partial charge >= 0.3 is 0 Å². The Kier molecular flexibility index (Phi) is 6.57. The molecule has 0 spiro atoms. The molecule has 0 unspecified atom stereocenters. The maximum atomic E-state index is 12.6. The van der Waals surface area contributed by atoms with Gasteiger partial charge in [-0.1, -0.05) is 12.8 Å². The van der Waals surface area contributed by atoms with Crippen LogP contribution in [0, 0.1) is 5.92 Å². The molecule has 1 saturated carbocycles. The number of amides is 1. The summed E-state index contributed by atoms with van der Waals surface area (Å²) in [7, 11) is -3.73. The molecule has 6 nitrogen and oxygen atoms in total. The molecule has 7 heteroatoms. The SMILES string of the molecule is CCOc1ccc(NS(=O)(=O)c2ccc(C(=O)NCC3CCCC3)cc2)cc1. The van der Waals surface area contributed by atoms with E-state index in [1.165, 1.54) is 37.1 Å². The lowest BCUT2D eigenvalue weighted by atomic mass is 10.1. The molecule has 0 radical (unpaired) electrons. The third kappa shape index (κ3) is 5.25. The van der Waals surface area contributed by atoms with Crippen molar-refractivity contribution in [2.75, 3.05) is 17.9 Å². The Hall–Kier alpha value is -2.54. The maximum absolute atomic E-state index is 12.6. The van der Waals surface area contributed by atoms with Crippen LogP contribution in [0.3, 0.4) is 0 Å². The Morgan fingerprint density at radius 1 is 1.04 bits per heavy atom. The summed E-state index contributed by atoms with van der Waals surface area (Å²) < 4.78 is 33.0. The summed E-state index contributed by atoms with van der Waals surface area (Å²) in [4.78, 5) is 12.4. The molecular weight excluding hydrogens is 376 g/mol. The van der Waals surface area contributed by atoms with Crippen molar-refractivity contribution in [2.24, 2.45) is 5.92 Å². The summed E-state index contributed by atoms with van der Waals surface area (Å²) in [5.41, 5.74) is 0.903. The maximum Gasteiger partial charge on any atom is 0.261 e. The van der Waals surface area contributed by atoms with Gasteiger partial charge in [-0.25, -0.2) is 8.42 Å². The molecule has 0 atom stereocenters. The summed E-state index contributed by atoms with van der Waals surface area (Å²) in [6.07, 6.45) is 4.78. The van der Waals surface area contributed by atoms with Crippen LogP contribution >= 0.6 is 0 Å². The summed E-state index contributed by atoms with van der Waals surface area (Å²) >= 11 is 0. The molecule has 28 heavy (non-hydrogen) atoms. The highest BCUT2D eigenvalue weighted by Crippen LogP contribution is 2.24. The van der Waals surface area contributed by atoms with Gasteiger partial charge in [-0.2, -0.15) is 0 Å². The van der Waals surface area contributed by atoms with E-state index >= 15 is 0 Å². The average Bonchev–Trinajstić information content (AvgIpc) is 3.21. The Morgan fingerprint density at radius 2 is 1.68 bits per heavy atom. The number of carbonyl (C=O) groups is 1. The van der Waals surface area contributed by atoms with Crippen LogP contribution in [-0.4, -0.2) is 27.5 Å². The van der Waals surface area contributed by atoms with Crippen molar-refractivity contribution in [1.82, 2.24) is 5.32 Å². The van der Waals surface area contributed by atoms with Crippen LogP contribution in [0.5, 0.6) is 5.75 Å². The first kappa shape index (κ1) is 20.2. The van der Waals surface area contributed by atoms with E-state index in [9.17, 15) is 13.2 Å². The third-order valence-electron chi connectivity index (χ3n) is 4.87. The van der Waals surface area contributed by atoms with Crippen molar-refractivity contribution < 1.29 is 17.9 Å². The van der Waals surface area contributed by atoms with Gasteiger partial charge in [0, 0.05) is 17.8 Å². The second-order valence-electron chi connectivity index (χ2n) is 6.95. The minimum atomic E-state index is -3.73. The third-order valence-corrected chi connectivity index (χ3v) is 6.27. The van der Waals surface area contributed by atoms with Gasteiger partial charge in [-0.05, 0) is 74.2 Å².